The minimum absolute atomic E-state index is 0.0185. The molecule has 0 unspecified atom stereocenters. The minimum atomic E-state index is -0.532. The lowest BCUT2D eigenvalue weighted by atomic mass is 9.98. The van der Waals surface area contributed by atoms with Gasteiger partial charge >= 0.3 is 0 Å². The molecule has 17 heteroatoms. The lowest BCUT2D eigenvalue weighted by Crippen LogP contribution is -2.57. The molecule has 7 N–H and O–H groups in total. The van der Waals surface area contributed by atoms with Crippen LogP contribution in [0, 0.1) is 0 Å². The summed E-state index contributed by atoms with van der Waals surface area (Å²) in [5.41, 5.74) is 21.0. The van der Waals surface area contributed by atoms with Crippen LogP contribution in [0.25, 0.3) is 43.1 Å². The largest absolute Gasteiger partial charge is 0.338 e. The predicted octanol–water partition coefficient (Wildman–Crippen LogP) is 13.4. The van der Waals surface area contributed by atoms with Gasteiger partial charge < -0.3 is 47.0 Å². The van der Waals surface area contributed by atoms with E-state index in [9.17, 15) is 14.4 Å². The van der Waals surface area contributed by atoms with E-state index in [0.29, 0.717) is 66.0 Å². The summed E-state index contributed by atoms with van der Waals surface area (Å²) in [7, 11) is 8.39. The van der Waals surface area contributed by atoms with E-state index in [-0.39, 0.29) is 35.8 Å². The van der Waals surface area contributed by atoms with Gasteiger partial charge in [0.2, 0.25) is 17.7 Å². The van der Waals surface area contributed by atoms with E-state index in [4.69, 9.17) is 46.3 Å². The molecule has 11 aromatic rings. The van der Waals surface area contributed by atoms with Crippen molar-refractivity contribution in [3.05, 3.63) is 297 Å². The molecule has 14 nitrogen and oxygen atoms in total. The Labute approximate surface area is 653 Å². The molecule has 4 aliphatic rings. The van der Waals surface area contributed by atoms with Gasteiger partial charge in [0, 0.05) is 118 Å². The number of hydrogen-bond acceptors (Lipinski definition) is 11. The molecule has 15 rings (SSSR count). The Morgan fingerprint density at radius 3 is 1.10 bits per heavy atom. The Morgan fingerprint density at radius 2 is 0.713 bits per heavy atom. The van der Waals surface area contributed by atoms with Crippen LogP contribution in [0.3, 0.4) is 0 Å². The molecule has 0 aliphatic carbocycles. The van der Waals surface area contributed by atoms with E-state index in [1.54, 1.807) is 0 Å². The third-order valence-corrected chi connectivity index (χ3v) is 22.7. The predicted molar refractivity (Wildman–Crippen MR) is 449 cm³/mol. The van der Waals surface area contributed by atoms with Crippen LogP contribution in [0.2, 0.25) is 15.1 Å². The lowest BCUT2D eigenvalue weighted by Gasteiger charge is -2.41. The topological polar surface area (TPSA) is 159 Å². The van der Waals surface area contributed by atoms with Gasteiger partial charge in [0.1, 0.15) is 0 Å². The zero-order valence-electron chi connectivity index (χ0n) is 62.8. The number of likely N-dealkylation sites (N-methyl/N-ethyl adjacent to an activating group) is 4. The maximum absolute atomic E-state index is 13.3. The highest BCUT2D eigenvalue weighted by Crippen LogP contribution is 2.26. The van der Waals surface area contributed by atoms with Gasteiger partial charge in [0.15, 0.2) is 0 Å². The van der Waals surface area contributed by atoms with Gasteiger partial charge in [-0.25, -0.2) is 0 Å². The quantitative estimate of drug-likeness (QED) is 0.0557. The fourth-order valence-electron chi connectivity index (χ4n) is 15.3. The highest BCUT2D eigenvalue weighted by atomic mass is 35.5. The standard InChI is InChI=1S/C26H30ClN3O.C25H28ClN3O.C24H26ClN3O.C16H20N2/c1-28-25(17-19-8-11-23(27)12-9-19)26(31)30-14-13-29(2)24(18-30)16-20-7-10-21-5-3-4-6-22(21)15-20;1-28-12-13-29(25(30)24(27)16-18-7-10-22(26)11-8-18)17-23(28)15-19-6-9-20-4-2-3-5-21(20)14-19;25-21-9-6-17(7-10-21)15-23(26)24(29)28-12-11-27-22(16-28)14-18-5-8-19-3-1-2-4-20(19)13-18;1-18-9-8-17-12-16(18)11-13-6-7-14-4-2-3-5-15(14)10-13/h3-12,15,24-25,28H,13-14,16-18H2,1-2H3;2-11,14,23-24H,12-13,15-17,27H2,1H3;1-10,13,22-23,27H,11-12,14-16,26H2;2-7,10,16-17H,8-9,11-12H2,1H3/t24-,25-;23-,24-;22-,23-;16-/m1111/s1. The normalized spacial score (nSPS) is 18.8. The van der Waals surface area contributed by atoms with E-state index in [2.05, 4.69) is 222 Å². The first kappa shape index (κ1) is 79.0. The van der Waals surface area contributed by atoms with Gasteiger partial charge in [-0.3, -0.25) is 24.2 Å². The molecule has 0 spiro atoms. The molecule has 7 atom stereocenters. The first-order valence-electron chi connectivity index (χ1n) is 38.2. The number of nitrogens with zero attached hydrogens (tertiary/aromatic N) is 6. The first-order chi connectivity index (χ1) is 52.4. The van der Waals surface area contributed by atoms with Gasteiger partial charge in [-0.1, -0.05) is 241 Å². The number of fused-ring (bicyclic) bond motifs is 4. The molecular formula is C91H104Cl3N11O3. The molecule has 3 amide bonds. The van der Waals surface area contributed by atoms with Crippen LogP contribution < -0.4 is 27.4 Å². The van der Waals surface area contributed by atoms with Crippen molar-refractivity contribution >= 4 is 95.6 Å². The summed E-state index contributed by atoms with van der Waals surface area (Å²) in [6, 6.07) is 83.5. The van der Waals surface area contributed by atoms with Crippen LogP contribution in [-0.2, 0) is 59.3 Å². The van der Waals surface area contributed by atoms with E-state index in [1.165, 1.54) is 65.3 Å². The van der Waals surface area contributed by atoms with Crippen molar-refractivity contribution in [2.75, 3.05) is 107 Å². The number of hydrogen-bond donors (Lipinski definition) is 5. The number of amides is 3. The minimum Gasteiger partial charge on any atom is -0.338 e. The Bertz CT molecular complexity index is 4760. The van der Waals surface area contributed by atoms with Crippen LogP contribution in [0.5, 0.6) is 0 Å². The number of benzene rings is 11. The Hall–Kier alpha value is -8.58. The number of nitrogens with one attached hydrogen (secondary N) is 3. The molecule has 0 bridgehead atoms. The zero-order chi connectivity index (χ0) is 75.5. The monoisotopic (exact) mass is 1500 g/mol. The molecule has 0 saturated carbocycles. The summed E-state index contributed by atoms with van der Waals surface area (Å²) >= 11 is 17.9. The van der Waals surface area contributed by atoms with Crippen molar-refractivity contribution in [2.45, 2.75) is 87.2 Å². The van der Waals surface area contributed by atoms with Crippen molar-refractivity contribution in [3.8, 4) is 0 Å². The molecular weight excluding hydrogens is 1400 g/mol. The van der Waals surface area contributed by atoms with Gasteiger partial charge in [-0.2, -0.15) is 0 Å². The summed E-state index contributed by atoms with van der Waals surface area (Å²) in [6.45, 7) is 10.2. The summed E-state index contributed by atoms with van der Waals surface area (Å²) in [6.07, 6.45) is 5.58. The molecule has 0 radical (unpaired) electrons. The maximum atomic E-state index is 13.3. The van der Waals surface area contributed by atoms with Crippen molar-refractivity contribution in [3.63, 3.8) is 0 Å². The number of carbonyl (C=O) groups is 3. The van der Waals surface area contributed by atoms with E-state index in [0.717, 1.165) is 101 Å². The number of carbonyl (C=O) groups excluding carboxylic acids is 3. The van der Waals surface area contributed by atoms with Crippen molar-refractivity contribution in [1.29, 1.82) is 0 Å². The number of rotatable bonds is 18. The SMILES string of the molecule is CN1CCN(C(=O)[C@H](N)Cc2ccc(Cl)cc2)C[C@H]1Cc1ccc2ccccc2c1.CN1CCNC[C@H]1Cc1ccc2ccccc2c1.CN[C@H](Cc1ccc(Cl)cc1)C(=O)N1CCN(C)[C@H](Cc2ccc3ccccc3c2)C1.N[C@H](Cc1ccc(Cl)cc1)C(=O)N1CCN[C@H](Cc2ccc3ccccc3c2)C1. The summed E-state index contributed by atoms with van der Waals surface area (Å²) in [5, 5.41) is 22.6. The van der Waals surface area contributed by atoms with E-state index < -0.39 is 12.1 Å². The lowest BCUT2D eigenvalue weighted by molar-refractivity contribution is -0.136. The Balaban J connectivity index is 0.000000137. The number of piperazine rings is 4. The Kier molecular flexibility index (Phi) is 28.3. The van der Waals surface area contributed by atoms with E-state index >= 15 is 0 Å². The van der Waals surface area contributed by atoms with Gasteiger partial charge in [0.25, 0.3) is 0 Å². The van der Waals surface area contributed by atoms with Crippen LogP contribution >= 0.6 is 34.8 Å². The fraction of sp³-hybridized carbons (Fsp3) is 0.330. The highest BCUT2D eigenvalue weighted by Gasteiger charge is 2.33. The van der Waals surface area contributed by atoms with Crippen molar-refractivity contribution < 1.29 is 14.4 Å². The molecule has 108 heavy (non-hydrogen) atoms. The first-order valence-corrected chi connectivity index (χ1v) is 39.3. The van der Waals surface area contributed by atoms with E-state index in [1.807, 2.05) is 94.5 Å². The zero-order valence-corrected chi connectivity index (χ0v) is 65.0. The smallest absolute Gasteiger partial charge is 0.240 e. The second kappa shape index (κ2) is 38.7. The molecule has 4 saturated heterocycles. The molecule has 0 aromatic heterocycles. The van der Waals surface area contributed by atoms with Crippen LogP contribution in [-0.4, -0.2) is 196 Å². The second-order valence-electron chi connectivity index (χ2n) is 29.7. The average Bonchev–Trinajstić information content (AvgIpc) is 0.831. The molecule has 11 aromatic carbocycles. The highest BCUT2D eigenvalue weighted by molar-refractivity contribution is 6.31. The third-order valence-electron chi connectivity index (χ3n) is 21.9. The van der Waals surface area contributed by atoms with Gasteiger partial charge in [0.05, 0.1) is 18.1 Å². The number of nitrogens with two attached hydrogens (primary N) is 2. The average molecular weight is 1510 g/mol. The summed E-state index contributed by atoms with van der Waals surface area (Å²) < 4.78 is 0. The Morgan fingerprint density at radius 1 is 0.380 bits per heavy atom. The van der Waals surface area contributed by atoms with Crippen LogP contribution in [0.4, 0.5) is 0 Å². The second-order valence-corrected chi connectivity index (χ2v) is 31.0. The molecule has 4 fully saturated rings. The van der Waals surface area contributed by atoms with Crippen LogP contribution in [0.1, 0.15) is 38.9 Å². The van der Waals surface area contributed by atoms with Gasteiger partial charge in [-0.05, 0) is 192 Å². The maximum Gasteiger partial charge on any atom is 0.240 e. The summed E-state index contributed by atoms with van der Waals surface area (Å²) in [5.74, 6) is 0.223. The fourth-order valence-corrected chi connectivity index (χ4v) is 15.7. The van der Waals surface area contributed by atoms with Crippen LogP contribution in [0.15, 0.2) is 243 Å². The van der Waals surface area contributed by atoms with Crippen molar-refractivity contribution in [1.82, 2.24) is 45.3 Å². The molecule has 562 valence electrons. The number of halogens is 3. The molecule has 4 aliphatic heterocycles. The molecule has 4 heterocycles. The van der Waals surface area contributed by atoms with Gasteiger partial charge in [-0.15, -0.1) is 0 Å². The summed E-state index contributed by atoms with van der Waals surface area (Å²) in [4.78, 5) is 52.3. The third kappa shape index (κ3) is 22.1. The van der Waals surface area contributed by atoms with Crippen molar-refractivity contribution in [2.24, 2.45) is 11.5 Å².